The molecule has 0 unspecified atom stereocenters. The second-order valence-corrected chi connectivity index (χ2v) is 7.44. The number of fused-ring (bicyclic) bond motifs is 1. The summed E-state index contributed by atoms with van der Waals surface area (Å²) in [5.74, 6) is -0.674. The Kier molecular flexibility index (Phi) is 4.88. The van der Waals surface area contributed by atoms with Crippen LogP contribution >= 0.6 is 0 Å². The van der Waals surface area contributed by atoms with Crippen LogP contribution in [0.1, 0.15) is 10.4 Å². The van der Waals surface area contributed by atoms with Crippen molar-refractivity contribution in [2.75, 3.05) is 26.3 Å². The number of hydrogen-bond donors (Lipinski definition) is 2. The molecule has 5 rings (SSSR count). The van der Waals surface area contributed by atoms with E-state index in [4.69, 9.17) is 4.74 Å². The van der Waals surface area contributed by atoms with Gasteiger partial charge in [-0.05, 0) is 35.9 Å². The van der Waals surface area contributed by atoms with Crippen LogP contribution in [0.2, 0.25) is 0 Å². The van der Waals surface area contributed by atoms with E-state index in [2.05, 4.69) is 9.97 Å². The van der Waals surface area contributed by atoms with Gasteiger partial charge in [0.25, 0.3) is 5.91 Å². The molecule has 6 nitrogen and oxygen atoms in total. The molecule has 0 bridgehead atoms. The first-order valence-corrected chi connectivity index (χ1v) is 10.0. The fraction of sp³-hybridized carbons (Fsp3) is 0.167. The summed E-state index contributed by atoms with van der Waals surface area (Å²) in [5, 5.41) is 10.9. The number of nitrogens with zero attached hydrogens (tertiary/aromatic N) is 2. The third kappa shape index (κ3) is 3.53. The molecule has 156 valence electrons. The van der Waals surface area contributed by atoms with E-state index in [1.807, 2.05) is 24.3 Å². The lowest BCUT2D eigenvalue weighted by Crippen LogP contribution is -2.40. The number of phenols is 1. The van der Waals surface area contributed by atoms with Crippen molar-refractivity contribution in [1.82, 2.24) is 14.9 Å². The lowest BCUT2D eigenvalue weighted by molar-refractivity contribution is 0.0303. The van der Waals surface area contributed by atoms with Crippen molar-refractivity contribution in [2.24, 2.45) is 0 Å². The van der Waals surface area contributed by atoms with Gasteiger partial charge in [0.15, 0.2) is 0 Å². The normalized spacial score (nSPS) is 14.2. The highest BCUT2D eigenvalue weighted by Gasteiger charge is 2.19. The molecule has 1 aliphatic heterocycles. The first kappa shape index (κ1) is 19.3. The van der Waals surface area contributed by atoms with Gasteiger partial charge in [-0.15, -0.1) is 0 Å². The van der Waals surface area contributed by atoms with Gasteiger partial charge < -0.3 is 19.7 Å². The number of ether oxygens (including phenoxy) is 1. The average molecular weight is 417 g/mol. The van der Waals surface area contributed by atoms with Crippen molar-refractivity contribution in [3.63, 3.8) is 0 Å². The van der Waals surface area contributed by atoms with Crippen LogP contribution in [-0.2, 0) is 4.74 Å². The second-order valence-electron chi connectivity index (χ2n) is 7.44. The van der Waals surface area contributed by atoms with E-state index in [1.54, 1.807) is 23.4 Å². The molecule has 1 amide bonds. The van der Waals surface area contributed by atoms with Crippen LogP contribution < -0.4 is 0 Å². The number of carbonyl (C=O) groups excluding carboxylic acids is 1. The third-order valence-electron chi connectivity index (χ3n) is 5.53. The van der Waals surface area contributed by atoms with E-state index in [0.717, 1.165) is 11.1 Å². The topological polar surface area (TPSA) is 78.5 Å². The molecule has 2 aromatic carbocycles. The van der Waals surface area contributed by atoms with Gasteiger partial charge in [-0.1, -0.05) is 18.2 Å². The molecular formula is C24H20FN3O3. The van der Waals surface area contributed by atoms with Crippen LogP contribution in [0.25, 0.3) is 33.3 Å². The molecule has 1 fully saturated rings. The third-order valence-corrected chi connectivity index (χ3v) is 5.53. The molecule has 4 aromatic rings. The zero-order valence-electron chi connectivity index (χ0n) is 16.6. The number of amides is 1. The van der Waals surface area contributed by atoms with Gasteiger partial charge in [-0.3, -0.25) is 4.79 Å². The number of H-pyrrole nitrogens is 1. The summed E-state index contributed by atoms with van der Waals surface area (Å²) >= 11 is 0. The number of pyridine rings is 1. The molecule has 7 heteroatoms. The Hall–Kier alpha value is -3.71. The number of rotatable bonds is 3. The SMILES string of the molecule is O=C(c1cccc(-c2cnc3[nH]cc(-c4c(O)cccc4F)c3c2)c1)N1CCOCC1. The summed E-state index contributed by atoms with van der Waals surface area (Å²) in [6, 6.07) is 13.5. The summed E-state index contributed by atoms with van der Waals surface area (Å²) in [6.07, 6.45) is 3.35. The monoisotopic (exact) mass is 417 g/mol. The lowest BCUT2D eigenvalue weighted by atomic mass is 10.00. The molecule has 0 saturated carbocycles. The van der Waals surface area contributed by atoms with Crippen LogP contribution in [0.4, 0.5) is 4.39 Å². The van der Waals surface area contributed by atoms with E-state index >= 15 is 0 Å². The van der Waals surface area contributed by atoms with Gasteiger partial charge in [0.05, 0.1) is 18.8 Å². The number of nitrogens with one attached hydrogen (secondary N) is 1. The van der Waals surface area contributed by atoms with Crippen LogP contribution in [-0.4, -0.2) is 52.2 Å². The number of hydrogen-bond acceptors (Lipinski definition) is 4. The fourth-order valence-corrected chi connectivity index (χ4v) is 3.93. The first-order chi connectivity index (χ1) is 15.1. The van der Waals surface area contributed by atoms with E-state index in [1.165, 1.54) is 18.2 Å². The van der Waals surface area contributed by atoms with Crippen LogP contribution in [0.3, 0.4) is 0 Å². The van der Waals surface area contributed by atoms with Crippen LogP contribution in [0, 0.1) is 5.82 Å². The minimum atomic E-state index is -0.510. The Morgan fingerprint density at radius 1 is 1.10 bits per heavy atom. The van der Waals surface area contributed by atoms with E-state index in [0.29, 0.717) is 48.5 Å². The maximum absolute atomic E-state index is 14.4. The zero-order chi connectivity index (χ0) is 21.4. The molecule has 1 aliphatic rings. The number of aromatic hydroxyl groups is 1. The van der Waals surface area contributed by atoms with Gasteiger partial charge in [0.1, 0.15) is 17.2 Å². The number of phenolic OH excluding ortho intramolecular Hbond substituents is 1. The van der Waals surface area contributed by atoms with Crippen molar-refractivity contribution >= 4 is 16.9 Å². The molecule has 3 heterocycles. The van der Waals surface area contributed by atoms with Crippen LogP contribution in [0.5, 0.6) is 5.75 Å². The number of aromatic nitrogens is 2. The lowest BCUT2D eigenvalue weighted by Gasteiger charge is -2.27. The summed E-state index contributed by atoms with van der Waals surface area (Å²) in [5.41, 5.74) is 3.46. The standard InChI is InChI=1S/C24H20FN3O3/c25-20-5-2-6-21(29)22(20)19-14-27-23-18(19)12-17(13-26-23)15-3-1-4-16(11-15)24(30)28-7-9-31-10-8-28/h1-6,11-14,29H,7-10H2,(H,26,27). The zero-order valence-corrected chi connectivity index (χ0v) is 16.6. The molecule has 2 aromatic heterocycles. The van der Waals surface area contributed by atoms with E-state index < -0.39 is 5.82 Å². The minimum absolute atomic E-state index is 0.0298. The van der Waals surface area contributed by atoms with Gasteiger partial charge in [0, 0.05) is 47.6 Å². The van der Waals surface area contributed by atoms with Gasteiger partial charge in [0.2, 0.25) is 0 Å². The molecule has 0 atom stereocenters. The molecule has 0 radical (unpaired) electrons. The van der Waals surface area contributed by atoms with E-state index in [9.17, 15) is 14.3 Å². The van der Waals surface area contributed by atoms with Crippen molar-refractivity contribution in [1.29, 1.82) is 0 Å². The van der Waals surface area contributed by atoms with Gasteiger partial charge in [-0.25, -0.2) is 9.37 Å². The molecule has 1 saturated heterocycles. The van der Waals surface area contributed by atoms with Crippen molar-refractivity contribution < 1.29 is 19.0 Å². The fourth-order valence-electron chi connectivity index (χ4n) is 3.93. The summed E-state index contributed by atoms with van der Waals surface area (Å²) in [7, 11) is 0. The maximum atomic E-state index is 14.4. The van der Waals surface area contributed by atoms with Crippen molar-refractivity contribution in [3.05, 3.63) is 72.3 Å². The number of carbonyl (C=O) groups is 1. The van der Waals surface area contributed by atoms with E-state index in [-0.39, 0.29) is 17.2 Å². The Morgan fingerprint density at radius 3 is 2.71 bits per heavy atom. The van der Waals surface area contributed by atoms with Gasteiger partial charge >= 0.3 is 0 Å². The Labute approximate surface area is 177 Å². The molecule has 0 aliphatic carbocycles. The van der Waals surface area contributed by atoms with Gasteiger partial charge in [-0.2, -0.15) is 0 Å². The molecule has 31 heavy (non-hydrogen) atoms. The predicted octanol–water partition coefficient (Wildman–Crippen LogP) is 4.21. The number of halogens is 1. The largest absolute Gasteiger partial charge is 0.507 e. The average Bonchev–Trinajstić information content (AvgIpc) is 3.22. The summed E-state index contributed by atoms with van der Waals surface area (Å²) in [4.78, 5) is 22.1. The Balaban J connectivity index is 1.55. The number of benzene rings is 2. The van der Waals surface area contributed by atoms with Crippen molar-refractivity contribution in [2.45, 2.75) is 0 Å². The molecule has 0 spiro atoms. The Bertz CT molecular complexity index is 1260. The van der Waals surface area contributed by atoms with Crippen LogP contribution in [0.15, 0.2) is 60.9 Å². The highest BCUT2D eigenvalue weighted by atomic mass is 19.1. The predicted molar refractivity (Wildman–Crippen MR) is 115 cm³/mol. The van der Waals surface area contributed by atoms with Crippen molar-refractivity contribution in [3.8, 4) is 28.0 Å². The molecular weight excluding hydrogens is 397 g/mol. The minimum Gasteiger partial charge on any atom is -0.507 e. The number of morpholine rings is 1. The second kappa shape index (κ2) is 7.85. The summed E-state index contributed by atoms with van der Waals surface area (Å²) in [6.45, 7) is 2.25. The quantitative estimate of drug-likeness (QED) is 0.523. The highest BCUT2D eigenvalue weighted by molar-refractivity contribution is 5.98. The molecule has 2 N–H and O–H groups in total. The number of aromatic amines is 1. The first-order valence-electron chi connectivity index (χ1n) is 10.0. The Morgan fingerprint density at radius 2 is 1.90 bits per heavy atom. The highest BCUT2D eigenvalue weighted by Crippen LogP contribution is 2.37. The summed E-state index contributed by atoms with van der Waals surface area (Å²) < 4.78 is 19.8. The smallest absolute Gasteiger partial charge is 0.254 e. The maximum Gasteiger partial charge on any atom is 0.254 e.